The highest BCUT2D eigenvalue weighted by atomic mass is 19.1. The van der Waals surface area contributed by atoms with Crippen LogP contribution in [-0.2, 0) is 12.8 Å². The van der Waals surface area contributed by atoms with E-state index in [4.69, 9.17) is 10.1 Å². The number of hydrogen-bond donors (Lipinski definition) is 3. The fourth-order valence-corrected chi connectivity index (χ4v) is 4.85. The van der Waals surface area contributed by atoms with Crippen molar-refractivity contribution in [2.75, 3.05) is 0 Å². The summed E-state index contributed by atoms with van der Waals surface area (Å²) < 4.78 is 22.3. The Kier molecular flexibility index (Phi) is 4.89. The number of aliphatic imine (C=N–C) groups is 1. The van der Waals surface area contributed by atoms with Crippen LogP contribution in [0.2, 0.25) is 0 Å². The van der Waals surface area contributed by atoms with Gasteiger partial charge in [0.1, 0.15) is 29.9 Å². The molecule has 5 rings (SSSR count). The summed E-state index contributed by atoms with van der Waals surface area (Å²) in [5.74, 6) is 0.196. The van der Waals surface area contributed by atoms with Crippen molar-refractivity contribution < 1.29 is 19.3 Å². The van der Waals surface area contributed by atoms with Crippen LogP contribution in [0.3, 0.4) is 0 Å². The number of aliphatic hydroxyl groups excluding tert-OH is 2. The fraction of sp³-hybridized carbons (Fsp3) is 0.375. The van der Waals surface area contributed by atoms with Gasteiger partial charge in [0.2, 0.25) is 0 Å². The van der Waals surface area contributed by atoms with Gasteiger partial charge in [0.25, 0.3) is 0 Å². The maximum Gasteiger partial charge on any atom is 0.129 e. The fourth-order valence-electron chi connectivity index (χ4n) is 4.85. The lowest BCUT2D eigenvalue weighted by molar-refractivity contribution is -0.0169. The first kappa shape index (κ1) is 19.9. The molecule has 7 heteroatoms. The normalized spacial score (nSPS) is 27.0. The lowest BCUT2D eigenvalue weighted by Crippen LogP contribution is -2.34. The number of aliphatic hydroxyl groups is 2. The van der Waals surface area contributed by atoms with E-state index in [1.54, 1.807) is 12.3 Å². The zero-order valence-electron chi connectivity index (χ0n) is 17.2. The van der Waals surface area contributed by atoms with Gasteiger partial charge in [0.05, 0.1) is 17.9 Å². The summed E-state index contributed by atoms with van der Waals surface area (Å²) in [5.41, 5.74) is 7.51. The number of aromatic nitrogens is 1. The van der Waals surface area contributed by atoms with Gasteiger partial charge < -0.3 is 24.9 Å². The summed E-state index contributed by atoms with van der Waals surface area (Å²) in [5, 5.41) is 29.6. The van der Waals surface area contributed by atoms with E-state index in [0.717, 1.165) is 17.0 Å². The van der Waals surface area contributed by atoms with Crippen LogP contribution < -0.4 is 4.74 Å². The minimum atomic E-state index is -1.09. The second-order valence-corrected chi connectivity index (χ2v) is 8.40. The molecule has 2 aliphatic carbocycles. The molecule has 2 heterocycles. The van der Waals surface area contributed by atoms with Crippen molar-refractivity contribution in [3.63, 3.8) is 0 Å². The van der Waals surface area contributed by atoms with Crippen LogP contribution in [0.5, 0.6) is 5.75 Å². The van der Waals surface area contributed by atoms with Crippen LogP contribution in [0, 0.1) is 11.2 Å². The Morgan fingerprint density at radius 2 is 2.03 bits per heavy atom. The van der Waals surface area contributed by atoms with E-state index in [2.05, 4.69) is 10.7 Å². The number of ether oxygens (including phenoxy) is 1. The van der Waals surface area contributed by atoms with Crippen molar-refractivity contribution in [1.82, 2.24) is 4.57 Å². The molecule has 0 saturated heterocycles. The number of nitrogens with zero attached hydrogens (tertiary/aromatic N) is 2. The maximum atomic E-state index is 14.3. The number of hydrogen-bond acceptors (Lipinski definition) is 5. The van der Waals surface area contributed by atoms with E-state index < -0.39 is 18.3 Å². The average Bonchev–Trinajstić information content (AvgIpc) is 3.22. The first-order chi connectivity index (χ1) is 14.9. The molecule has 6 nitrogen and oxygen atoms in total. The maximum absolute atomic E-state index is 14.3. The molecule has 3 N–H and O–H groups in total. The number of benzene rings is 1. The standard InChI is InChI=1S/C24H24FN3O3/c1-13-15-8-10-28(19(15)3-2-9-27-13)20-12-22(24(30)23(20)29)31-21-7-6-18(25)16-5-4-14(26)11-17(16)21/h3,6-10,20,22-24,26,29-30H,4-5,11-12H2,1H3/t20-,22+,23+,24-/m1/s1. The first-order valence-corrected chi connectivity index (χ1v) is 10.5. The van der Waals surface area contributed by atoms with Crippen LogP contribution in [0.1, 0.15) is 48.2 Å². The van der Waals surface area contributed by atoms with Gasteiger partial charge >= 0.3 is 0 Å². The zero-order valence-corrected chi connectivity index (χ0v) is 17.2. The molecule has 160 valence electrons. The second kappa shape index (κ2) is 7.61. The quantitative estimate of drug-likeness (QED) is 0.665. The van der Waals surface area contributed by atoms with E-state index >= 15 is 0 Å². The van der Waals surface area contributed by atoms with E-state index in [0.29, 0.717) is 48.3 Å². The molecule has 0 amide bonds. The van der Waals surface area contributed by atoms with Gasteiger partial charge in [-0.1, -0.05) is 5.73 Å². The first-order valence-electron chi connectivity index (χ1n) is 10.5. The molecule has 0 spiro atoms. The third kappa shape index (κ3) is 3.35. The molecular weight excluding hydrogens is 397 g/mol. The predicted octanol–water partition coefficient (Wildman–Crippen LogP) is 3.20. The van der Waals surface area contributed by atoms with Gasteiger partial charge in [-0.3, -0.25) is 4.99 Å². The van der Waals surface area contributed by atoms with Crippen molar-refractivity contribution in [1.29, 1.82) is 5.41 Å². The Morgan fingerprint density at radius 1 is 1.19 bits per heavy atom. The number of rotatable bonds is 3. The Morgan fingerprint density at radius 3 is 2.87 bits per heavy atom. The molecule has 1 aliphatic heterocycles. The molecule has 1 aromatic carbocycles. The minimum Gasteiger partial charge on any atom is -0.487 e. The van der Waals surface area contributed by atoms with Crippen molar-refractivity contribution in [3.05, 3.63) is 64.5 Å². The third-order valence-corrected chi connectivity index (χ3v) is 6.53. The topological polar surface area (TPSA) is 90.8 Å². The van der Waals surface area contributed by atoms with Crippen LogP contribution in [0.15, 0.2) is 41.3 Å². The van der Waals surface area contributed by atoms with Gasteiger partial charge in [-0.2, -0.15) is 0 Å². The van der Waals surface area contributed by atoms with Crippen LogP contribution >= 0.6 is 0 Å². The summed E-state index contributed by atoms with van der Waals surface area (Å²) in [6, 6.07) is 4.50. The number of nitrogens with one attached hydrogen (secondary N) is 1. The molecule has 3 aliphatic rings. The molecule has 1 aromatic heterocycles. The molecule has 2 aromatic rings. The predicted molar refractivity (Wildman–Crippen MR) is 115 cm³/mol. The largest absolute Gasteiger partial charge is 0.487 e. The lowest BCUT2D eigenvalue weighted by Gasteiger charge is -2.24. The number of halogens is 1. The molecule has 1 fully saturated rings. The van der Waals surface area contributed by atoms with E-state index in [-0.39, 0.29) is 11.9 Å². The monoisotopic (exact) mass is 421 g/mol. The van der Waals surface area contributed by atoms with Gasteiger partial charge in [0, 0.05) is 47.7 Å². The molecule has 4 atom stereocenters. The summed E-state index contributed by atoms with van der Waals surface area (Å²) >= 11 is 0. The van der Waals surface area contributed by atoms with E-state index in [1.165, 1.54) is 6.07 Å². The lowest BCUT2D eigenvalue weighted by atomic mass is 9.89. The van der Waals surface area contributed by atoms with Crippen molar-refractivity contribution in [3.8, 4) is 5.75 Å². The van der Waals surface area contributed by atoms with Crippen LogP contribution in [-0.4, -0.2) is 44.5 Å². The Hall–Kier alpha value is -2.99. The summed E-state index contributed by atoms with van der Waals surface area (Å²) in [4.78, 5) is 4.32. The van der Waals surface area contributed by atoms with Crippen molar-refractivity contribution in [2.24, 2.45) is 4.99 Å². The Labute approximate surface area is 179 Å². The second-order valence-electron chi connectivity index (χ2n) is 8.40. The summed E-state index contributed by atoms with van der Waals surface area (Å²) in [6.07, 6.45) is 4.32. The van der Waals surface area contributed by atoms with Crippen molar-refractivity contribution in [2.45, 2.75) is 57.0 Å². The molecule has 0 bridgehead atoms. The van der Waals surface area contributed by atoms with Gasteiger partial charge in [-0.05, 0) is 43.5 Å². The Bertz CT molecular complexity index is 1160. The molecular formula is C24H24FN3O3. The average molecular weight is 421 g/mol. The molecule has 0 radical (unpaired) electrons. The smallest absolute Gasteiger partial charge is 0.129 e. The third-order valence-electron chi connectivity index (χ3n) is 6.53. The van der Waals surface area contributed by atoms with Gasteiger partial charge in [-0.15, -0.1) is 0 Å². The van der Waals surface area contributed by atoms with Crippen LogP contribution in [0.25, 0.3) is 6.08 Å². The van der Waals surface area contributed by atoms with Gasteiger partial charge in [0.15, 0.2) is 0 Å². The van der Waals surface area contributed by atoms with Crippen LogP contribution in [0.4, 0.5) is 4.39 Å². The Balaban J connectivity index is 1.44. The summed E-state index contributed by atoms with van der Waals surface area (Å²) in [6.45, 7) is 1.92. The molecule has 1 saturated carbocycles. The van der Waals surface area contributed by atoms with Crippen molar-refractivity contribution >= 4 is 17.5 Å². The number of fused-ring (bicyclic) bond motifs is 2. The highest BCUT2D eigenvalue weighted by Crippen LogP contribution is 2.38. The minimum absolute atomic E-state index is 0.286. The highest BCUT2D eigenvalue weighted by molar-refractivity contribution is 6.02. The molecule has 31 heavy (non-hydrogen) atoms. The highest BCUT2D eigenvalue weighted by Gasteiger charge is 2.45. The summed E-state index contributed by atoms with van der Waals surface area (Å²) in [7, 11) is 0. The van der Waals surface area contributed by atoms with E-state index in [9.17, 15) is 14.6 Å². The zero-order chi connectivity index (χ0) is 21.7. The SMILES string of the molecule is CC1=NC=C=Cc2c1ccn2[C@@H]1C[C@H](Oc2ccc(F)c3c2CC(=N)CC3)[C@@H](O)[C@H]1O. The van der Waals surface area contributed by atoms with Gasteiger partial charge in [-0.25, -0.2) is 4.39 Å². The molecule has 0 unspecified atom stereocenters. The van der Waals surface area contributed by atoms with E-state index in [1.807, 2.05) is 29.8 Å².